The van der Waals surface area contributed by atoms with Crippen LogP contribution in [0.2, 0.25) is 0 Å². The van der Waals surface area contributed by atoms with Crippen LogP contribution in [0.25, 0.3) is 10.9 Å². The summed E-state index contributed by atoms with van der Waals surface area (Å²) in [5.41, 5.74) is 3.16. The lowest BCUT2D eigenvalue weighted by Crippen LogP contribution is -2.35. The van der Waals surface area contributed by atoms with Gasteiger partial charge in [-0.1, -0.05) is 24.3 Å². The fourth-order valence-electron chi connectivity index (χ4n) is 4.35. The number of rotatable bonds is 7. The maximum Gasteiger partial charge on any atom is 0.145 e. The molecule has 180 valence electrons. The smallest absolute Gasteiger partial charge is 0.145 e. The minimum absolute atomic E-state index is 0.175. The van der Waals surface area contributed by atoms with E-state index in [1.54, 1.807) is 24.5 Å². The van der Waals surface area contributed by atoms with Crippen molar-refractivity contribution in [1.82, 2.24) is 14.9 Å². The minimum Gasteiger partial charge on any atom is -0.489 e. The second kappa shape index (κ2) is 10.3. The first-order valence-electron chi connectivity index (χ1n) is 11.9. The maximum absolute atomic E-state index is 13.9. The van der Waals surface area contributed by atoms with Crippen molar-refractivity contribution in [2.45, 2.75) is 32.5 Å². The predicted octanol–water partition coefficient (Wildman–Crippen LogP) is 5.87. The van der Waals surface area contributed by atoms with Gasteiger partial charge in [0.05, 0.1) is 10.9 Å². The number of halogens is 1. The molecule has 1 fully saturated rings. The third kappa shape index (κ3) is 5.35. The van der Waals surface area contributed by atoms with Gasteiger partial charge in [-0.15, -0.1) is 0 Å². The molecule has 7 heteroatoms. The standard InChI is InChI=1S/C28H29FN4O2/c1-19-16-21(10-11-25(19)34-17-20-6-3-4-7-23(20)29)32-28-27-24(30-18-31-28)8-5-9-26(27)35-22-12-14-33(2)15-13-22/h3-11,16,18,22H,12-15,17H2,1-2H3,(H,30,31,32). The number of benzene rings is 3. The largest absolute Gasteiger partial charge is 0.489 e. The van der Waals surface area contributed by atoms with Crippen molar-refractivity contribution in [2.75, 3.05) is 25.5 Å². The van der Waals surface area contributed by atoms with Gasteiger partial charge in [-0.25, -0.2) is 14.4 Å². The number of likely N-dealkylation sites (tertiary alicyclic amines) is 1. The SMILES string of the molecule is Cc1cc(Nc2ncnc3cccc(OC4CCN(C)CC4)c23)ccc1OCc1ccccc1F. The topological polar surface area (TPSA) is 59.5 Å². The summed E-state index contributed by atoms with van der Waals surface area (Å²) < 4.78 is 26.2. The Balaban J connectivity index is 1.35. The van der Waals surface area contributed by atoms with Gasteiger partial charge in [0.25, 0.3) is 0 Å². The van der Waals surface area contributed by atoms with Gasteiger partial charge >= 0.3 is 0 Å². The zero-order valence-electron chi connectivity index (χ0n) is 20.0. The van der Waals surface area contributed by atoms with E-state index in [0.29, 0.717) is 17.1 Å². The van der Waals surface area contributed by atoms with Gasteiger partial charge in [0.15, 0.2) is 0 Å². The van der Waals surface area contributed by atoms with E-state index in [1.165, 1.54) is 6.07 Å². The highest BCUT2D eigenvalue weighted by Crippen LogP contribution is 2.34. The Morgan fingerprint density at radius 1 is 1.00 bits per heavy atom. The fourth-order valence-corrected chi connectivity index (χ4v) is 4.35. The van der Waals surface area contributed by atoms with Crippen LogP contribution >= 0.6 is 0 Å². The molecule has 35 heavy (non-hydrogen) atoms. The molecule has 1 aliphatic heterocycles. The van der Waals surface area contributed by atoms with Crippen LogP contribution in [0.3, 0.4) is 0 Å². The first-order valence-corrected chi connectivity index (χ1v) is 11.9. The molecular formula is C28H29FN4O2. The summed E-state index contributed by atoms with van der Waals surface area (Å²) in [6, 6.07) is 18.4. The second-order valence-electron chi connectivity index (χ2n) is 8.98. The summed E-state index contributed by atoms with van der Waals surface area (Å²) in [5, 5.41) is 4.29. The molecule has 0 aliphatic carbocycles. The molecule has 1 aliphatic rings. The van der Waals surface area contributed by atoms with Crippen LogP contribution in [-0.2, 0) is 6.61 Å². The normalized spacial score (nSPS) is 14.7. The Hall–Kier alpha value is -3.71. The molecule has 0 saturated carbocycles. The lowest BCUT2D eigenvalue weighted by molar-refractivity contribution is 0.116. The molecule has 0 atom stereocenters. The van der Waals surface area contributed by atoms with Crippen LogP contribution in [0.5, 0.6) is 11.5 Å². The molecule has 1 aromatic heterocycles. The summed E-state index contributed by atoms with van der Waals surface area (Å²) in [4.78, 5) is 11.3. The number of nitrogens with zero attached hydrogens (tertiary/aromatic N) is 3. The third-order valence-corrected chi connectivity index (χ3v) is 6.36. The van der Waals surface area contributed by atoms with Crippen molar-refractivity contribution in [1.29, 1.82) is 0 Å². The van der Waals surface area contributed by atoms with Crippen molar-refractivity contribution in [2.24, 2.45) is 0 Å². The number of nitrogens with one attached hydrogen (secondary N) is 1. The van der Waals surface area contributed by atoms with E-state index in [2.05, 4.69) is 27.2 Å². The fraction of sp³-hybridized carbons (Fsp3) is 0.286. The number of hydrogen-bond donors (Lipinski definition) is 1. The van der Waals surface area contributed by atoms with Crippen LogP contribution in [0.4, 0.5) is 15.9 Å². The highest BCUT2D eigenvalue weighted by Gasteiger charge is 2.20. The van der Waals surface area contributed by atoms with Crippen molar-refractivity contribution < 1.29 is 13.9 Å². The molecule has 4 aromatic rings. The summed E-state index contributed by atoms with van der Waals surface area (Å²) >= 11 is 0. The first-order chi connectivity index (χ1) is 17.1. The lowest BCUT2D eigenvalue weighted by Gasteiger charge is -2.29. The lowest BCUT2D eigenvalue weighted by atomic mass is 10.1. The van der Waals surface area contributed by atoms with E-state index in [0.717, 1.165) is 53.8 Å². The van der Waals surface area contributed by atoms with Gasteiger partial charge in [0.1, 0.15) is 42.2 Å². The van der Waals surface area contributed by atoms with Crippen LogP contribution in [0, 0.1) is 12.7 Å². The maximum atomic E-state index is 13.9. The average molecular weight is 473 g/mol. The van der Waals surface area contributed by atoms with Gasteiger partial charge in [-0.3, -0.25) is 0 Å². The Morgan fingerprint density at radius 3 is 2.63 bits per heavy atom. The van der Waals surface area contributed by atoms with Crippen molar-refractivity contribution in [3.05, 3.63) is 83.9 Å². The molecule has 0 spiro atoms. The molecular weight excluding hydrogens is 443 g/mol. The number of fused-ring (bicyclic) bond motifs is 1. The Labute approximate surface area is 204 Å². The van der Waals surface area contributed by atoms with Crippen molar-refractivity contribution in [3.8, 4) is 11.5 Å². The van der Waals surface area contributed by atoms with Crippen LogP contribution < -0.4 is 14.8 Å². The monoisotopic (exact) mass is 472 g/mol. The molecule has 3 aromatic carbocycles. The van der Waals surface area contributed by atoms with Crippen molar-refractivity contribution in [3.63, 3.8) is 0 Å². The number of anilines is 2. The van der Waals surface area contributed by atoms with E-state index < -0.39 is 0 Å². The summed E-state index contributed by atoms with van der Waals surface area (Å²) in [6.45, 7) is 4.20. The Bertz CT molecular complexity index is 1320. The van der Waals surface area contributed by atoms with E-state index in [1.807, 2.05) is 43.3 Å². The van der Waals surface area contributed by atoms with Crippen LogP contribution in [-0.4, -0.2) is 41.1 Å². The minimum atomic E-state index is -0.266. The zero-order chi connectivity index (χ0) is 24.2. The molecule has 0 amide bonds. The predicted molar refractivity (Wildman–Crippen MR) is 136 cm³/mol. The first kappa shape index (κ1) is 23.1. The average Bonchev–Trinajstić information content (AvgIpc) is 2.86. The van der Waals surface area contributed by atoms with Crippen molar-refractivity contribution >= 4 is 22.4 Å². The summed E-state index contributed by atoms with van der Waals surface area (Å²) in [5.74, 6) is 1.93. The Kier molecular flexibility index (Phi) is 6.77. The molecule has 1 saturated heterocycles. The van der Waals surface area contributed by atoms with Gasteiger partial charge < -0.3 is 19.7 Å². The van der Waals surface area contributed by atoms with E-state index in [-0.39, 0.29) is 18.5 Å². The molecule has 2 heterocycles. The number of aryl methyl sites for hydroxylation is 1. The molecule has 1 N–H and O–H groups in total. The quantitative estimate of drug-likeness (QED) is 0.363. The molecule has 6 nitrogen and oxygen atoms in total. The molecule has 0 unspecified atom stereocenters. The van der Waals surface area contributed by atoms with Gasteiger partial charge in [0, 0.05) is 24.3 Å². The summed E-state index contributed by atoms with van der Waals surface area (Å²) in [6.07, 6.45) is 3.73. The number of hydrogen-bond acceptors (Lipinski definition) is 6. The van der Waals surface area contributed by atoms with Gasteiger partial charge in [-0.05, 0) is 68.8 Å². The molecule has 0 radical (unpaired) electrons. The van der Waals surface area contributed by atoms with E-state index in [4.69, 9.17) is 9.47 Å². The van der Waals surface area contributed by atoms with Gasteiger partial charge in [-0.2, -0.15) is 0 Å². The highest BCUT2D eigenvalue weighted by atomic mass is 19.1. The van der Waals surface area contributed by atoms with E-state index in [9.17, 15) is 4.39 Å². The molecule has 0 bridgehead atoms. The second-order valence-corrected chi connectivity index (χ2v) is 8.98. The van der Waals surface area contributed by atoms with E-state index >= 15 is 0 Å². The highest BCUT2D eigenvalue weighted by molar-refractivity contribution is 5.95. The van der Waals surface area contributed by atoms with Crippen LogP contribution in [0.1, 0.15) is 24.0 Å². The number of ether oxygens (including phenoxy) is 2. The van der Waals surface area contributed by atoms with Gasteiger partial charge in [0.2, 0.25) is 0 Å². The number of piperidine rings is 1. The Morgan fingerprint density at radius 2 is 1.83 bits per heavy atom. The summed E-state index contributed by atoms with van der Waals surface area (Å²) in [7, 11) is 2.14. The van der Waals surface area contributed by atoms with Crippen LogP contribution in [0.15, 0.2) is 67.0 Å². The third-order valence-electron chi connectivity index (χ3n) is 6.36. The molecule has 5 rings (SSSR count). The number of aromatic nitrogens is 2. The zero-order valence-corrected chi connectivity index (χ0v) is 20.0.